The molecule has 28 heavy (non-hydrogen) atoms. The van der Waals surface area contributed by atoms with Gasteiger partial charge in [0.15, 0.2) is 0 Å². The zero-order valence-corrected chi connectivity index (χ0v) is 17.8. The first-order valence-electron chi connectivity index (χ1n) is 9.54. The minimum atomic E-state index is -3.44. The van der Waals surface area contributed by atoms with Crippen LogP contribution in [0.5, 0.6) is 0 Å². The predicted octanol–water partition coefficient (Wildman–Crippen LogP) is 2.90. The zero-order valence-electron chi connectivity index (χ0n) is 16.2. The highest BCUT2D eigenvalue weighted by Gasteiger charge is 2.42. The van der Waals surface area contributed by atoms with Crippen LogP contribution < -0.4 is 5.32 Å². The van der Waals surface area contributed by atoms with E-state index in [0.717, 1.165) is 6.42 Å². The topological polar surface area (TPSA) is 69.7 Å². The van der Waals surface area contributed by atoms with Crippen molar-refractivity contribution in [3.8, 4) is 0 Å². The van der Waals surface area contributed by atoms with Gasteiger partial charge in [0.1, 0.15) is 5.82 Å². The number of hydrogen-bond donors (Lipinski definition) is 1. The molecule has 6 nitrogen and oxygen atoms in total. The van der Waals surface area contributed by atoms with Gasteiger partial charge in [-0.05, 0) is 42.7 Å². The van der Waals surface area contributed by atoms with Crippen molar-refractivity contribution in [2.75, 3.05) is 33.7 Å². The Balaban J connectivity index is 1.69. The van der Waals surface area contributed by atoms with E-state index in [1.807, 2.05) is 0 Å². The van der Waals surface area contributed by atoms with Gasteiger partial charge in [0.05, 0.1) is 10.6 Å². The molecule has 1 aliphatic heterocycles. The van der Waals surface area contributed by atoms with E-state index >= 15 is 0 Å². The van der Waals surface area contributed by atoms with Gasteiger partial charge in [0, 0.05) is 33.7 Å². The average Bonchev–Trinajstić information content (AvgIpc) is 3.44. The largest absolute Gasteiger partial charge is 0.351 e. The Labute approximate surface area is 171 Å². The fourth-order valence-corrected chi connectivity index (χ4v) is 5.24. The van der Waals surface area contributed by atoms with Gasteiger partial charge in [-0.25, -0.2) is 4.39 Å². The first-order chi connectivity index (χ1) is 13.1. The SMILES string of the molecule is CN(C)S(=O)(=O)N1CCC(CNC(=O)c2c(F)cccc2Cl)(CC2CC2)CC1. The summed E-state index contributed by atoms with van der Waals surface area (Å²) in [5, 5.41) is 2.94. The predicted molar refractivity (Wildman–Crippen MR) is 107 cm³/mol. The fraction of sp³-hybridized carbons (Fsp3) is 0.632. The Kier molecular flexibility index (Phi) is 6.34. The van der Waals surface area contributed by atoms with Crippen molar-refractivity contribution in [3.63, 3.8) is 0 Å². The van der Waals surface area contributed by atoms with Gasteiger partial charge in [0.25, 0.3) is 16.1 Å². The number of rotatable bonds is 7. The van der Waals surface area contributed by atoms with Crippen LogP contribution in [0.15, 0.2) is 18.2 Å². The quantitative estimate of drug-likeness (QED) is 0.721. The summed E-state index contributed by atoms with van der Waals surface area (Å²) < 4.78 is 41.5. The highest BCUT2D eigenvalue weighted by Crippen LogP contribution is 2.45. The third-order valence-electron chi connectivity index (χ3n) is 5.80. The van der Waals surface area contributed by atoms with E-state index in [1.54, 1.807) is 0 Å². The molecule has 1 N–H and O–H groups in total. The molecular weight excluding hydrogens is 405 g/mol. The lowest BCUT2D eigenvalue weighted by Crippen LogP contribution is -2.50. The number of benzene rings is 1. The summed E-state index contributed by atoms with van der Waals surface area (Å²) >= 11 is 6.00. The van der Waals surface area contributed by atoms with Gasteiger partial charge in [-0.15, -0.1) is 0 Å². The van der Waals surface area contributed by atoms with Crippen molar-refractivity contribution in [1.29, 1.82) is 0 Å². The van der Waals surface area contributed by atoms with Crippen molar-refractivity contribution >= 4 is 27.7 Å². The van der Waals surface area contributed by atoms with Gasteiger partial charge < -0.3 is 5.32 Å². The minimum Gasteiger partial charge on any atom is -0.351 e. The van der Waals surface area contributed by atoms with E-state index in [2.05, 4.69) is 5.32 Å². The van der Waals surface area contributed by atoms with Gasteiger partial charge in [-0.3, -0.25) is 4.79 Å². The summed E-state index contributed by atoms with van der Waals surface area (Å²) in [6, 6.07) is 4.17. The van der Waals surface area contributed by atoms with Crippen LogP contribution in [0, 0.1) is 17.2 Å². The monoisotopic (exact) mass is 431 g/mol. The highest BCUT2D eigenvalue weighted by molar-refractivity contribution is 7.86. The van der Waals surface area contributed by atoms with Gasteiger partial charge in [-0.1, -0.05) is 30.5 Å². The van der Waals surface area contributed by atoms with Gasteiger partial charge in [-0.2, -0.15) is 17.0 Å². The molecule has 0 spiro atoms. The molecule has 1 heterocycles. The molecule has 156 valence electrons. The highest BCUT2D eigenvalue weighted by atomic mass is 35.5. The number of carbonyl (C=O) groups is 1. The van der Waals surface area contributed by atoms with E-state index in [0.29, 0.717) is 38.4 Å². The maximum Gasteiger partial charge on any atom is 0.281 e. The molecule has 0 atom stereocenters. The third kappa shape index (κ3) is 4.67. The summed E-state index contributed by atoms with van der Waals surface area (Å²) in [6.07, 6.45) is 4.64. The summed E-state index contributed by atoms with van der Waals surface area (Å²) in [6.45, 7) is 1.23. The van der Waals surface area contributed by atoms with Gasteiger partial charge >= 0.3 is 0 Å². The normalized spacial score (nSPS) is 20.3. The van der Waals surface area contributed by atoms with Crippen LogP contribution in [0.2, 0.25) is 5.02 Å². The average molecular weight is 432 g/mol. The lowest BCUT2D eigenvalue weighted by molar-refractivity contribution is 0.0865. The first-order valence-corrected chi connectivity index (χ1v) is 11.3. The molecule has 1 saturated heterocycles. The Hall–Kier alpha value is -1.22. The number of hydrogen-bond acceptors (Lipinski definition) is 3. The van der Waals surface area contributed by atoms with Crippen molar-refractivity contribution in [3.05, 3.63) is 34.6 Å². The number of piperidine rings is 1. The Morgan fingerprint density at radius 1 is 1.32 bits per heavy atom. The van der Waals surface area contributed by atoms with Crippen molar-refractivity contribution in [2.24, 2.45) is 11.3 Å². The maximum absolute atomic E-state index is 14.0. The molecule has 1 amide bonds. The molecule has 1 aromatic carbocycles. The lowest BCUT2D eigenvalue weighted by Gasteiger charge is -2.42. The van der Waals surface area contributed by atoms with Crippen LogP contribution in [-0.4, -0.2) is 56.7 Å². The molecule has 3 rings (SSSR count). The summed E-state index contributed by atoms with van der Waals surface area (Å²) in [5.41, 5.74) is -0.314. The second kappa shape index (κ2) is 8.26. The number of carbonyl (C=O) groups excluding carboxylic acids is 1. The molecule has 1 saturated carbocycles. The minimum absolute atomic E-state index is 0.0839. The van der Waals surface area contributed by atoms with Crippen LogP contribution >= 0.6 is 11.6 Å². The number of nitrogens with zero attached hydrogens (tertiary/aromatic N) is 2. The number of amides is 1. The van der Waals surface area contributed by atoms with E-state index in [9.17, 15) is 17.6 Å². The smallest absolute Gasteiger partial charge is 0.281 e. The second-order valence-electron chi connectivity index (χ2n) is 8.12. The first kappa shape index (κ1) is 21.5. The molecule has 2 aliphatic rings. The molecule has 0 radical (unpaired) electrons. The fourth-order valence-electron chi connectivity index (χ4n) is 3.88. The van der Waals surface area contributed by atoms with E-state index in [-0.39, 0.29) is 16.0 Å². The molecule has 0 unspecified atom stereocenters. The van der Waals surface area contributed by atoms with Gasteiger partial charge in [0.2, 0.25) is 0 Å². The molecule has 0 aromatic heterocycles. The van der Waals surface area contributed by atoms with Crippen LogP contribution in [0.4, 0.5) is 4.39 Å². The Morgan fingerprint density at radius 2 is 1.96 bits per heavy atom. The zero-order chi connectivity index (χ0) is 20.5. The van der Waals surface area contributed by atoms with Crippen LogP contribution in [0.3, 0.4) is 0 Å². The van der Waals surface area contributed by atoms with Crippen LogP contribution in [0.25, 0.3) is 0 Å². The Bertz CT molecular complexity index is 815. The molecule has 1 aliphatic carbocycles. The van der Waals surface area contributed by atoms with E-state index in [4.69, 9.17) is 11.6 Å². The maximum atomic E-state index is 14.0. The number of halogens is 2. The second-order valence-corrected chi connectivity index (χ2v) is 10.7. The number of nitrogens with one attached hydrogen (secondary N) is 1. The summed E-state index contributed by atoms with van der Waals surface area (Å²) in [7, 11) is -0.381. The molecule has 2 fully saturated rings. The van der Waals surface area contributed by atoms with Crippen molar-refractivity contribution in [1.82, 2.24) is 13.9 Å². The van der Waals surface area contributed by atoms with E-state index < -0.39 is 21.9 Å². The summed E-state index contributed by atoms with van der Waals surface area (Å²) in [4.78, 5) is 12.5. The van der Waals surface area contributed by atoms with Crippen LogP contribution in [-0.2, 0) is 10.2 Å². The molecular formula is C19H27ClFN3O3S. The molecule has 0 bridgehead atoms. The Morgan fingerprint density at radius 3 is 2.50 bits per heavy atom. The molecule has 9 heteroatoms. The lowest BCUT2D eigenvalue weighted by atomic mass is 9.74. The third-order valence-corrected chi connectivity index (χ3v) is 8.06. The summed E-state index contributed by atoms with van der Waals surface area (Å²) in [5.74, 6) is -0.541. The van der Waals surface area contributed by atoms with Crippen molar-refractivity contribution in [2.45, 2.75) is 32.1 Å². The van der Waals surface area contributed by atoms with Crippen LogP contribution in [0.1, 0.15) is 42.5 Å². The van der Waals surface area contributed by atoms with E-state index in [1.165, 1.54) is 53.7 Å². The standard InChI is InChI=1S/C19H27ClFN3O3S/c1-23(2)28(26,27)24-10-8-19(9-11-24,12-14-6-7-14)13-22-18(25)17-15(20)4-3-5-16(17)21/h3-5,14H,6-13H2,1-2H3,(H,22,25). The van der Waals surface area contributed by atoms with Crippen molar-refractivity contribution < 1.29 is 17.6 Å². The molecule has 1 aromatic rings.